The van der Waals surface area contributed by atoms with Gasteiger partial charge in [0.2, 0.25) is 0 Å². The zero-order valence-electron chi connectivity index (χ0n) is 6.26. The second kappa shape index (κ2) is 3.21. The van der Waals surface area contributed by atoms with Gasteiger partial charge in [0.15, 0.2) is 0 Å². The first-order valence-corrected chi connectivity index (χ1v) is 3.23. The van der Waals surface area contributed by atoms with Crippen molar-refractivity contribution in [2.45, 2.75) is 6.54 Å². The summed E-state index contributed by atoms with van der Waals surface area (Å²) in [6.07, 6.45) is 3.26. The van der Waals surface area contributed by atoms with Crippen molar-refractivity contribution in [3.63, 3.8) is 0 Å². The number of nitrogens with one attached hydrogen (secondary N) is 1. The SMILES string of the molecule is COC(=O)c1c[nH]cc1CN. The maximum absolute atomic E-state index is 11.0. The lowest BCUT2D eigenvalue weighted by molar-refractivity contribution is 0.0600. The minimum atomic E-state index is -0.355. The Labute approximate surface area is 64.4 Å². The molecule has 0 saturated carbocycles. The third-order valence-electron chi connectivity index (χ3n) is 1.46. The van der Waals surface area contributed by atoms with E-state index in [4.69, 9.17) is 5.73 Å². The topological polar surface area (TPSA) is 68.1 Å². The number of esters is 1. The fraction of sp³-hybridized carbons (Fsp3) is 0.286. The van der Waals surface area contributed by atoms with Crippen LogP contribution in [0, 0.1) is 0 Å². The summed E-state index contributed by atoms with van der Waals surface area (Å²) in [6.45, 7) is 0.341. The van der Waals surface area contributed by atoms with Crippen molar-refractivity contribution in [2.24, 2.45) is 5.73 Å². The predicted molar refractivity (Wildman–Crippen MR) is 40.0 cm³/mol. The second-order valence-electron chi connectivity index (χ2n) is 2.09. The molecule has 0 bridgehead atoms. The van der Waals surface area contributed by atoms with Gasteiger partial charge in [-0.15, -0.1) is 0 Å². The lowest BCUT2D eigenvalue weighted by Crippen LogP contribution is -2.05. The van der Waals surface area contributed by atoms with Crippen LogP contribution in [0.15, 0.2) is 12.4 Å². The monoisotopic (exact) mass is 154 g/mol. The Morgan fingerprint density at radius 3 is 3.00 bits per heavy atom. The van der Waals surface area contributed by atoms with Gasteiger partial charge >= 0.3 is 5.97 Å². The smallest absolute Gasteiger partial charge is 0.339 e. The molecule has 1 heterocycles. The standard InChI is InChI=1S/C7H10N2O2/c1-11-7(10)6-4-9-3-5(6)2-8/h3-4,9H,2,8H2,1H3. The van der Waals surface area contributed by atoms with E-state index in [-0.39, 0.29) is 5.97 Å². The minimum Gasteiger partial charge on any atom is -0.465 e. The molecule has 11 heavy (non-hydrogen) atoms. The molecule has 0 fully saturated rings. The van der Waals surface area contributed by atoms with E-state index in [1.807, 2.05) is 0 Å². The van der Waals surface area contributed by atoms with Gasteiger partial charge in [-0.3, -0.25) is 0 Å². The molecule has 1 rings (SSSR count). The van der Waals surface area contributed by atoms with Crippen molar-refractivity contribution in [1.82, 2.24) is 4.98 Å². The molecule has 0 spiro atoms. The van der Waals surface area contributed by atoms with Gasteiger partial charge in [0.25, 0.3) is 0 Å². The number of methoxy groups -OCH3 is 1. The summed E-state index contributed by atoms with van der Waals surface area (Å²) in [4.78, 5) is 13.7. The molecule has 0 atom stereocenters. The summed E-state index contributed by atoms with van der Waals surface area (Å²) < 4.78 is 4.52. The van der Waals surface area contributed by atoms with Gasteiger partial charge in [-0.1, -0.05) is 0 Å². The number of nitrogens with two attached hydrogens (primary N) is 1. The van der Waals surface area contributed by atoms with Crippen molar-refractivity contribution in [3.05, 3.63) is 23.5 Å². The van der Waals surface area contributed by atoms with Gasteiger partial charge in [-0.2, -0.15) is 0 Å². The third kappa shape index (κ3) is 1.40. The number of hydrogen-bond donors (Lipinski definition) is 2. The first-order chi connectivity index (χ1) is 5.29. The lowest BCUT2D eigenvalue weighted by Gasteiger charge is -1.97. The largest absolute Gasteiger partial charge is 0.465 e. The highest BCUT2D eigenvalue weighted by Crippen LogP contribution is 2.07. The van der Waals surface area contributed by atoms with Crippen LogP contribution in [0.2, 0.25) is 0 Å². The van der Waals surface area contributed by atoms with Crippen molar-refractivity contribution < 1.29 is 9.53 Å². The first kappa shape index (κ1) is 7.81. The van der Waals surface area contributed by atoms with E-state index in [0.717, 1.165) is 5.56 Å². The predicted octanol–water partition coefficient (Wildman–Crippen LogP) is 0.260. The zero-order valence-corrected chi connectivity index (χ0v) is 6.26. The maximum atomic E-state index is 11.0. The Kier molecular flexibility index (Phi) is 2.28. The highest BCUT2D eigenvalue weighted by Gasteiger charge is 2.10. The second-order valence-corrected chi connectivity index (χ2v) is 2.09. The molecule has 1 aromatic rings. The Bertz CT molecular complexity index is 255. The van der Waals surface area contributed by atoms with Gasteiger partial charge in [-0.25, -0.2) is 4.79 Å². The lowest BCUT2D eigenvalue weighted by atomic mass is 10.2. The van der Waals surface area contributed by atoms with Crippen molar-refractivity contribution in [3.8, 4) is 0 Å². The van der Waals surface area contributed by atoms with Crippen LogP contribution in [0.4, 0.5) is 0 Å². The van der Waals surface area contributed by atoms with E-state index in [9.17, 15) is 4.79 Å². The van der Waals surface area contributed by atoms with Crippen LogP contribution in [0.25, 0.3) is 0 Å². The molecule has 0 unspecified atom stereocenters. The van der Waals surface area contributed by atoms with Gasteiger partial charge in [0.05, 0.1) is 12.7 Å². The van der Waals surface area contributed by atoms with Crippen LogP contribution in [-0.2, 0) is 11.3 Å². The van der Waals surface area contributed by atoms with Crippen LogP contribution in [0.5, 0.6) is 0 Å². The molecule has 0 aliphatic heterocycles. The Morgan fingerprint density at radius 2 is 2.45 bits per heavy atom. The first-order valence-electron chi connectivity index (χ1n) is 3.23. The van der Waals surface area contributed by atoms with E-state index >= 15 is 0 Å². The van der Waals surface area contributed by atoms with Crippen molar-refractivity contribution in [1.29, 1.82) is 0 Å². The van der Waals surface area contributed by atoms with Gasteiger partial charge in [0.1, 0.15) is 0 Å². The fourth-order valence-corrected chi connectivity index (χ4v) is 0.865. The third-order valence-corrected chi connectivity index (χ3v) is 1.46. The van der Waals surface area contributed by atoms with Gasteiger partial charge < -0.3 is 15.5 Å². The van der Waals surface area contributed by atoms with Crippen molar-refractivity contribution in [2.75, 3.05) is 7.11 Å². The average Bonchev–Trinajstić information content (AvgIpc) is 2.50. The highest BCUT2D eigenvalue weighted by atomic mass is 16.5. The fourth-order valence-electron chi connectivity index (χ4n) is 0.865. The summed E-state index contributed by atoms with van der Waals surface area (Å²) in [5.41, 5.74) is 6.64. The van der Waals surface area contributed by atoms with Crippen LogP contribution in [0.1, 0.15) is 15.9 Å². The average molecular weight is 154 g/mol. The number of H-pyrrole nitrogens is 1. The Hall–Kier alpha value is -1.29. The summed E-state index contributed by atoms with van der Waals surface area (Å²) in [6, 6.07) is 0. The maximum Gasteiger partial charge on any atom is 0.339 e. The molecule has 0 amide bonds. The summed E-state index contributed by atoms with van der Waals surface area (Å²) >= 11 is 0. The summed E-state index contributed by atoms with van der Waals surface area (Å²) in [7, 11) is 1.34. The van der Waals surface area contributed by atoms with E-state index in [1.54, 1.807) is 12.4 Å². The van der Waals surface area contributed by atoms with E-state index < -0.39 is 0 Å². The zero-order chi connectivity index (χ0) is 8.27. The molecular weight excluding hydrogens is 144 g/mol. The number of aromatic nitrogens is 1. The normalized spacial score (nSPS) is 9.64. The summed E-state index contributed by atoms with van der Waals surface area (Å²) in [5, 5.41) is 0. The van der Waals surface area contributed by atoms with Gasteiger partial charge in [-0.05, 0) is 5.56 Å². The Morgan fingerprint density at radius 1 is 1.73 bits per heavy atom. The number of carbonyl (C=O) groups excluding carboxylic acids is 1. The molecule has 60 valence electrons. The number of hydrogen-bond acceptors (Lipinski definition) is 3. The van der Waals surface area contributed by atoms with E-state index in [1.165, 1.54) is 7.11 Å². The van der Waals surface area contributed by atoms with Crippen LogP contribution >= 0.6 is 0 Å². The molecule has 4 nitrogen and oxygen atoms in total. The Balaban J connectivity index is 2.92. The minimum absolute atomic E-state index is 0.341. The number of rotatable bonds is 2. The van der Waals surface area contributed by atoms with Crippen LogP contribution in [-0.4, -0.2) is 18.1 Å². The number of carbonyl (C=O) groups is 1. The van der Waals surface area contributed by atoms with E-state index in [2.05, 4.69) is 9.72 Å². The summed E-state index contributed by atoms with van der Waals surface area (Å²) in [5.74, 6) is -0.355. The molecule has 3 N–H and O–H groups in total. The van der Waals surface area contributed by atoms with E-state index in [0.29, 0.717) is 12.1 Å². The molecule has 0 saturated heterocycles. The molecule has 0 radical (unpaired) electrons. The highest BCUT2D eigenvalue weighted by molar-refractivity contribution is 5.90. The molecule has 0 aliphatic rings. The molecule has 0 aromatic carbocycles. The molecule has 4 heteroatoms. The molecular formula is C7H10N2O2. The van der Waals surface area contributed by atoms with Crippen LogP contribution in [0.3, 0.4) is 0 Å². The number of aromatic amines is 1. The molecule has 1 aromatic heterocycles. The quantitative estimate of drug-likeness (QED) is 0.600. The van der Waals surface area contributed by atoms with Gasteiger partial charge in [0, 0.05) is 18.9 Å². The molecule has 0 aliphatic carbocycles. The van der Waals surface area contributed by atoms with Crippen molar-refractivity contribution >= 4 is 5.97 Å². The number of ether oxygens (including phenoxy) is 1. The van der Waals surface area contributed by atoms with Crippen LogP contribution < -0.4 is 5.73 Å².